The Morgan fingerprint density at radius 2 is 2.00 bits per heavy atom. The fraction of sp³-hybridized carbons (Fsp3) is 0.533. The maximum absolute atomic E-state index is 11.8. The lowest BCUT2D eigenvalue weighted by molar-refractivity contribution is 0.0950. The second kappa shape index (κ2) is 7.75. The van der Waals surface area contributed by atoms with Crippen LogP contribution < -0.4 is 5.32 Å². The first-order valence-electron chi connectivity index (χ1n) is 6.92. The minimum Gasteiger partial charge on any atom is -0.508 e. The zero-order valence-electron chi connectivity index (χ0n) is 12.4. The molecule has 0 fully saturated rings. The number of amides is 1. The van der Waals surface area contributed by atoms with Crippen LogP contribution in [0.3, 0.4) is 0 Å². The number of rotatable bonds is 7. The Kier molecular flexibility index (Phi) is 6.31. The lowest BCUT2D eigenvalue weighted by Gasteiger charge is -2.20. The van der Waals surface area contributed by atoms with Crippen molar-refractivity contribution in [3.8, 4) is 11.5 Å². The predicted octanol–water partition coefficient (Wildman–Crippen LogP) is 1.95. The van der Waals surface area contributed by atoms with Gasteiger partial charge in [-0.2, -0.15) is 0 Å². The number of carbonyl (C=O) groups is 1. The van der Waals surface area contributed by atoms with Gasteiger partial charge in [-0.3, -0.25) is 4.79 Å². The summed E-state index contributed by atoms with van der Waals surface area (Å²) in [6.07, 6.45) is 1.90. The van der Waals surface area contributed by atoms with Crippen LogP contribution in [0, 0.1) is 0 Å². The molecule has 0 aliphatic carbocycles. The third-order valence-corrected chi connectivity index (χ3v) is 3.33. The third kappa shape index (κ3) is 5.09. The lowest BCUT2D eigenvalue weighted by Crippen LogP contribution is -2.29. The van der Waals surface area contributed by atoms with E-state index >= 15 is 0 Å². The van der Waals surface area contributed by atoms with E-state index in [-0.39, 0.29) is 23.0 Å². The van der Waals surface area contributed by atoms with Crippen molar-refractivity contribution in [3.63, 3.8) is 0 Å². The molecule has 0 saturated carbocycles. The van der Waals surface area contributed by atoms with Crippen molar-refractivity contribution in [3.05, 3.63) is 23.8 Å². The van der Waals surface area contributed by atoms with E-state index in [1.807, 2.05) is 0 Å². The summed E-state index contributed by atoms with van der Waals surface area (Å²) >= 11 is 0. The van der Waals surface area contributed by atoms with E-state index in [4.69, 9.17) is 5.11 Å². The van der Waals surface area contributed by atoms with Gasteiger partial charge in [0.15, 0.2) is 0 Å². The zero-order valence-corrected chi connectivity index (χ0v) is 12.4. The van der Waals surface area contributed by atoms with Gasteiger partial charge in [-0.1, -0.05) is 0 Å². The molecule has 0 radical (unpaired) electrons. The zero-order chi connectivity index (χ0) is 15.1. The number of hydrogen-bond donors (Lipinski definition) is 3. The number of phenolic OH excluding ortho intramolecular Hbond substituents is 2. The van der Waals surface area contributed by atoms with Crippen LogP contribution in [-0.2, 0) is 0 Å². The van der Waals surface area contributed by atoms with Gasteiger partial charge >= 0.3 is 0 Å². The molecule has 0 aliphatic heterocycles. The molecule has 0 aromatic heterocycles. The normalized spacial score (nSPS) is 11.1. The van der Waals surface area contributed by atoms with E-state index in [9.17, 15) is 9.90 Å². The molecule has 0 spiro atoms. The molecule has 1 amide bonds. The van der Waals surface area contributed by atoms with Crippen LogP contribution in [-0.4, -0.2) is 47.2 Å². The minimum absolute atomic E-state index is 0.0595. The highest BCUT2D eigenvalue weighted by atomic mass is 16.3. The largest absolute Gasteiger partial charge is 0.508 e. The molecule has 0 heterocycles. The molecule has 0 saturated heterocycles. The van der Waals surface area contributed by atoms with Gasteiger partial charge in [0.2, 0.25) is 0 Å². The number of phenols is 2. The summed E-state index contributed by atoms with van der Waals surface area (Å²) in [6.45, 7) is 5.87. The molecule has 20 heavy (non-hydrogen) atoms. The summed E-state index contributed by atoms with van der Waals surface area (Å²) in [6, 6.07) is 4.48. The van der Waals surface area contributed by atoms with Crippen molar-refractivity contribution >= 4 is 5.91 Å². The molecule has 5 nitrogen and oxygen atoms in total. The molecule has 0 unspecified atom stereocenters. The van der Waals surface area contributed by atoms with Crippen molar-refractivity contribution in [2.75, 3.05) is 20.1 Å². The Morgan fingerprint density at radius 3 is 2.60 bits per heavy atom. The van der Waals surface area contributed by atoms with Gasteiger partial charge < -0.3 is 20.4 Å². The Hall–Kier alpha value is -1.75. The quantitative estimate of drug-likeness (QED) is 0.667. The summed E-state index contributed by atoms with van der Waals surface area (Å²) < 4.78 is 0. The maximum atomic E-state index is 11.8. The maximum Gasteiger partial charge on any atom is 0.255 e. The molecule has 0 atom stereocenters. The summed E-state index contributed by atoms with van der Waals surface area (Å²) in [7, 11) is 2.08. The van der Waals surface area contributed by atoms with Crippen LogP contribution in [0.25, 0.3) is 0 Å². The minimum atomic E-state index is -0.320. The standard InChI is InChI=1S/C15H24N2O3/c1-11(2)17(3)9-5-4-8-16-15(20)13-7-6-12(18)10-14(13)19/h6-7,10-11,18-19H,4-5,8-9H2,1-3H3,(H,16,20). The van der Waals surface area contributed by atoms with Crippen LogP contribution in [0.5, 0.6) is 11.5 Å². The van der Waals surface area contributed by atoms with Gasteiger partial charge in [-0.25, -0.2) is 0 Å². The Bertz CT molecular complexity index is 447. The molecular formula is C15H24N2O3. The van der Waals surface area contributed by atoms with Crippen LogP contribution >= 0.6 is 0 Å². The second-order valence-electron chi connectivity index (χ2n) is 5.24. The smallest absolute Gasteiger partial charge is 0.255 e. The fourth-order valence-electron chi connectivity index (χ4n) is 1.75. The van der Waals surface area contributed by atoms with Crippen molar-refractivity contribution in [1.29, 1.82) is 0 Å². The summed E-state index contributed by atoms with van der Waals surface area (Å²) in [5, 5.41) is 21.5. The van der Waals surface area contributed by atoms with Gasteiger partial charge in [0.25, 0.3) is 5.91 Å². The number of carbonyl (C=O) groups excluding carboxylic acids is 1. The van der Waals surface area contributed by atoms with Gasteiger partial charge in [-0.05, 0) is 52.4 Å². The molecule has 3 N–H and O–H groups in total. The first-order valence-corrected chi connectivity index (χ1v) is 6.92. The third-order valence-electron chi connectivity index (χ3n) is 3.33. The molecule has 1 aromatic carbocycles. The number of unbranched alkanes of at least 4 members (excludes halogenated alkanes) is 1. The molecule has 5 heteroatoms. The number of nitrogens with one attached hydrogen (secondary N) is 1. The second-order valence-corrected chi connectivity index (χ2v) is 5.24. The lowest BCUT2D eigenvalue weighted by atomic mass is 10.1. The van der Waals surface area contributed by atoms with Crippen molar-refractivity contribution in [2.24, 2.45) is 0 Å². The van der Waals surface area contributed by atoms with E-state index in [0.717, 1.165) is 25.5 Å². The monoisotopic (exact) mass is 280 g/mol. The highest BCUT2D eigenvalue weighted by Crippen LogP contribution is 2.22. The van der Waals surface area contributed by atoms with E-state index in [2.05, 4.69) is 31.1 Å². The number of aromatic hydroxyl groups is 2. The molecule has 1 rings (SSSR count). The van der Waals surface area contributed by atoms with Gasteiger partial charge in [0, 0.05) is 18.7 Å². The van der Waals surface area contributed by atoms with Crippen LogP contribution in [0.15, 0.2) is 18.2 Å². The highest BCUT2D eigenvalue weighted by Gasteiger charge is 2.10. The Morgan fingerprint density at radius 1 is 1.30 bits per heavy atom. The van der Waals surface area contributed by atoms with Gasteiger partial charge in [0.1, 0.15) is 11.5 Å². The van der Waals surface area contributed by atoms with E-state index in [0.29, 0.717) is 12.6 Å². The first kappa shape index (κ1) is 16.3. The first-order chi connectivity index (χ1) is 9.41. The molecule has 0 aliphatic rings. The van der Waals surface area contributed by atoms with Gasteiger partial charge in [0.05, 0.1) is 5.56 Å². The SMILES string of the molecule is CC(C)N(C)CCCCNC(=O)c1ccc(O)cc1O. The molecule has 0 bridgehead atoms. The number of nitrogens with zero attached hydrogens (tertiary/aromatic N) is 1. The fourth-order valence-corrected chi connectivity index (χ4v) is 1.75. The number of benzene rings is 1. The van der Waals surface area contributed by atoms with Crippen LogP contribution in [0.1, 0.15) is 37.0 Å². The van der Waals surface area contributed by atoms with Gasteiger partial charge in [-0.15, -0.1) is 0 Å². The van der Waals surface area contributed by atoms with E-state index in [1.165, 1.54) is 12.1 Å². The molecular weight excluding hydrogens is 256 g/mol. The van der Waals surface area contributed by atoms with Crippen LogP contribution in [0.4, 0.5) is 0 Å². The van der Waals surface area contributed by atoms with E-state index in [1.54, 1.807) is 0 Å². The average molecular weight is 280 g/mol. The highest BCUT2D eigenvalue weighted by molar-refractivity contribution is 5.96. The Balaban J connectivity index is 2.30. The Labute approximate surface area is 120 Å². The van der Waals surface area contributed by atoms with Crippen molar-refractivity contribution < 1.29 is 15.0 Å². The average Bonchev–Trinajstić information content (AvgIpc) is 2.37. The summed E-state index contributed by atoms with van der Waals surface area (Å²) in [5.41, 5.74) is 0.182. The number of hydrogen-bond acceptors (Lipinski definition) is 4. The van der Waals surface area contributed by atoms with E-state index < -0.39 is 0 Å². The van der Waals surface area contributed by atoms with Crippen molar-refractivity contribution in [2.45, 2.75) is 32.7 Å². The van der Waals surface area contributed by atoms with Crippen LogP contribution in [0.2, 0.25) is 0 Å². The summed E-state index contributed by atoms with van der Waals surface area (Å²) in [4.78, 5) is 14.1. The molecule has 1 aromatic rings. The summed E-state index contributed by atoms with van der Waals surface area (Å²) in [5.74, 6) is -0.586. The van der Waals surface area contributed by atoms with Crippen molar-refractivity contribution in [1.82, 2.24) is 10.2 Å². The molecule has 112 valence electrons. The topological polar surface area (TPSA) is 72.8 Å². The predicted molar refractivity (Wildman–Crippen MR) is 79.1 cm³/mol.